The first kappa shape index (κ1) is 22.2. The molecule has 0 fully saturated rings. The van der Waals surface area contributed by atoms with Crippen LogP contribution in [0, 0.1) is 0 Å². The number of para-hydroxylation sites is 1. The number of benzene rings is 1. The van der Waals surface area contributed by atoms with E-state index in [1.807, 2.05) is 18.2 Å². The molecular weight excluding hydrogens is 400 g/mol. The molecule has 1 aromatic carbocycles. The third kappa shape index (κ3) is 5.25. The van der Waals surface area contributed by atoms with E-state index in [-0.39, 0.29) is 30.9 Å². The normalized spacial score (nSPS) is 13.2. The lowest BCUT2D eigenvalue weighted by Gasteiger charge is -2.25. The second-order valence-corrected chi connectivity index (χ2v) is 7.30. The van der Waals surface area contributed by atoms with Crippen LogP contribution in [0.2, 0.25) is 0 Å². The Morgan fingerprint density at radius 1 is 1.21 bits per heavy atom. The zero-order valence-corrected chi connectivity index (χ0v) is 17.7. The van der Waals surface area contributed by atoms with Crippen LogP contribution < -0.4 is 10.1 Å². The number of carbonyl (C=O) groups is 2. The molecule has 0 aliphatic carbocycles. The van der Waals surface area contributed by atoms with Crippen LogP contribution in [0.25, 0.3) is 0 Å². The van der Waals surface area contributed by atoms with Crippen LogP contribution in [0.3, 0.4) is 0 Å². The number of hydrogen-bond acceptors (Lipinski definition) is 6. The van der Waals surface area contributed by atoms with Crippen molar-refractivity contribution in [3.05, 3.63) is 46.3 Å². The molecule has 1 aliphatic rings. The van der Waals surface area contributed by atoms with Crippen LogP contribution in [0.4, 0.5) is 5.00 Å². The van der Waals surface area contributed by atoms with Crippen LogP contribution in [-0.2, 0) is 22.5 Å². The number of likely N-dealkylation sites (N-methyl/N-ethyl adjacent to an activating group) is 1. The molecule has 152 valence electrons. The first-order chi connectivity index (χ1) is 13.1. The summed E-state index contributed by atoms with van der Waals surface area (Å²) in [6.07, 6.45) is 0.782. The summed E-state index contributed by atoms with van der Waals surface area (Å²) in [4.78, 5) is 28.3. The highest BCUT2D eigenvalue weighted by Crippen LogP contribution is 2.37. The van der Waals surface area contributed by atoms with Gasteiger partial charge < -0.3 is 14.8 Å². The van der Waals surface area contributed by atoms with Gasteiger partial charge in [0.05, 0.1) is 12.2 Å². The van der Waals surface area contributed by atoms with Gasteiger partial charge in [0.2, 0.25) is 0 Å². The van der Waals surface area contributed by atoms with Crippen LogP contribution in [0.15, 0.2) is 30.3 Å². The Balaban J connectivity index is 0.00000280. The summed E-state index contributed by atoms with van der Waals surface area (Å²) in [7, 11) is 0. The lowest BCUT2D eigenvalue weighted by molar-refractivity contribution is -0.118. The van der Waals surface area contributed by atoms with E-state index in [9.17, 15) is 9.59 Å². The molecule has 0 bridgehead atoms. The van der Waals surface area contributed by atoms with Crippen molar-refractivity contribution < 1.29 is 19.1 Å². The molecule has 1 amide bonds. The lowest BCUT2D eigenvalue weighted by atomic mass is 10.0. The molecule has 0 atom stereocenters. The molecule has 28 heavy (non-hydrogen) atoms. The largest absolute Gasteiger partial charge is 0.484 e. The molecule has 1 N–H and O–H groups in total. The van der Waals surface area contributed by atoms with E-state index in [1.165, 1.54) is 11.3 Å². The maximum absolute atomic E-state index is 12.5. The van der Waals surface area contributed by atoms with Gasteiger partial charge in [-0.15, -0.1) is 23.7 Å². The molecule has 8 heteroatoms. The zero-order valence-electron chi connectivity index (χ0n) is 16.0. The van der Waals surface area contributed by atoms with Gasteiger partial charge in [-0.05, 0) is 37.6 Å². The minimum atomic E-state index is -0.376. The second-order valence-electron chi connectivity index (χ2n) is 6.20. The predicted molar refractivity (Wildman–Crippen MR) is 113 cm³/mol. The fourth-order valence-electron chi connectivity index (χ4n) is 3.06. The number of amides is 1. The average molecular weight is 425 g/mol. The Labute approximate surface area is 175 Å². The van der Waals surface area contributed by atoms with Gasteiger partial charge in [0.1, 0.15) is 10.8 Å². The number of nitrogens with zero attached hydrogens (tertiary/aromatic N) is 1. The fourth-order valence-corrected chi connectivity index (χ4v) is 4.36. The Morgan fingerprint density at radius 2 is 1.96 bits per heavy atom. The summed E-state index contributed by atoms with van der Waals surface area (Å²) in [5, 5.41) is 3.40. The van der Waals surface area contributed by atoms with E-state index in [1.54, 1.807) is 19.1 Å². The van der Waals surface area contributed by atoms with Crippen LogP contribution in [-0.4, -0.2) is 43.1 Å². The highest BCUT2D eigenvalue weighted by molar-refractivity contribution is 7.17. The van der Waals surface area contributed by atoms with Gasteiger partial charge in [0.15, 0.2) is 6.61 Å². The van der Waals surface area contributed by atoms with Gasteiger partial charge in [-0.3, -0.25) is 9.69 Å². The molecule has 0 radical (unpaired) electrons. The summed E-state index contributed by atoms with van der Waals surface area (Å²) in [5.74, 6) is -0.0445. The molecule has 2 heterocycles. The summed E-state index contributed by atoms with van der Waals surface area (Å²) in [6, 6.07) is 9.16. The third-order valence-corrected chi connectivity index (χ3v) is 5.56. The number of carbonyl (C=O) groups excluding carboxylic acids is 2. The minimum Gasteiger partial charge on any atom is -0.484 e. The molecule has 2 aromatic rings. The molecule has 1 aliphatic heterocycles. The molecule has 0 spiro atoms. The number of esters is 1. The predicted octanol–water partition coefficient (Wildman–Crippen LogP) is 3.74. The highest BCUT2D eigenvalue weighted by atomic mass is 35.5. The van der Waals surface area contributed by atoms with Crippen molar-refractivity contribution in [2.24, 2.45) is 0 Å². The van der Waals surface area contributed by atoms with Crippen molar-refractivity contribution in [1.29, 1.82) is 0 Å². The van der Waals surface area contributed by atoms with E-state index in [0.717, 1.165) is 36.5 Å². The van der Waals surface area contributed by atoms with Gasteiger partial charge >= 0.3 is 5.97 Å². The molecular formula is C20H25ClN2O4S. The van der Waals surface area contributed by atoms with E-state index < -0.39 is 0 Å². The number of nitrogens with one attached hydrogen (secondary N) is 1. The van der Waals surface area contributed by atoms with Crippen molar-refractivity contribution in [3.8, 4) is 5.75 Å². The highest BCUT2D eigenvalue weighted by Gasteiger charge is 2.29. The second kappa shape index (κ2) is 10.5. The standard InChI is InChI=1S/C20H24N2O4S.ClH/c1-3-22-11-10-15-16(12-22)27-19(18(15)20(24)25-4-2)21-17(23)13-26-14-8-6-5-7-9-14;/h5-9H,3-4,10-13H2,1-2H3,(H,21,23);1H. The van der Waals surface area contributed by atoms with Gasteiger partial charge in [-0.25, -0.2) is 4.79 Å². The quantitative estimate of drug-likeness (QED) is 0.686. The Morgan fingerprint density at radius 3 is 2.64 bits per heavy atom. The van der Waals surface area contributed by atoms with Crippen molar-refractivity contribution in [2.75, 3.05) is 31.6 Å². The first-order valence-electron chi connectivity index (χ1n) is 9.14. The fraction of sp³-hybridized carbons (Fsp3) is 0.400. The van der Waals surface area contributed by atoms with Crippen LogP contribution in [0.1, 0.15) is 34.6 Å². The van der Waals surface area contributed by atoms with Crippen LogP contribution in [0.5, 0.6) is 5.75 Å². The number of halogens is 1. The molecule has 3 rings (SSSR count). The van der Waals surface area contributed by atoms with Gasteiger partial charge in [-0.2, -0.15) is 0 Å². The molecule has 6 nitrogen and oxygen atoms in total. The molecule has 0 saturated carbocycles. The van der Waals surface area contributed by atoms with Gasteiger partial charge in [0.25, 0.3) is 5.91 Å². The summed E-state index contributed by atoms with van der Waals surface area (Å²) in [5.41, 5.74) is 1.50. The summed E-state index contributed by atoms with van der Waals surface area (Å²) < 4.78 is 10.7. The van der Waals surface area contributed by atoms with E-state index in [2.05, 4.69) is 17.1 Å². The maximum Gasteiger partial charge on any atom is 0.341 e. The average Bonchev–Trinajstić information content (AvgIpc) is 3.04. The maximum atomic E-state index is 12.5. The number of anilines is 1. The van der Waals surface area contributed by atoms with Crippen LogP contribution >= 0.6 is 23.7 Å². The van der Waals surface area contributed by atoms with Crippen molar-refractivity contribution in [1.82, 2.24) is 4.90 Å². The number of rotatable bonds is 7. The Hall–Kier alpha value is -2.09. The lowest BCUT2D eigenvalue weighted by Crippen LogP contribution is -2.30. The summed E-state index contributed by atoms with van der Waals surface area (Å²) in [6.45, 7) is 6.73. The summed E-state index contributed by atoms with van der Waals surface area (Å²) >= 11 is 1.46. The smallest absolute Gasteiger partial charge is 0.341 e. The molecule has 1 aromatic heterocycles. The van der Waals surface area contributed by atoms with Crippen molar-refractivity contribution in [3.63, 3.8) is 0 Å². The SMILES string of the molecule is CCOC(=O)c1c(NC(=O)COc2ccccc2)sc2c1CCN(CC)C2.Cl. The molecule has 0 unspecified atom stereocenters. The van der Waals surface area contributed by atoms with Gasteiger partial charge in [-0.1, -0.05) is 25.1 Å². The van der Waals surface area contributed by atoms with E-state index >= 15 is 0 Å². The monoisotopic (exact) mass is 424 g/mol. The van der Waals surface area contributed by atoms with Gasteiger partial charge in [0, 0.05) is 18.0 Å². The van der Waals surface area contributed by atoms with E-state index in [4.69, 9.17) is 9.47 Å². The molecule has 0 saturated heterocycles. The number of fused-ring (bicyclic) bond motifs is 1. The zero-order chi connectivity index (χ0) is 19.2. The first-order valence-corrected chi connectivity index (χ1v) is 9.95. The van der Waals surface area contributed by atoms with Crippen molar-refractivity contribution >= 4 is 40.6 Å². The van der Waals surface area contributed by atoms with E-state index in [0.29, 0.717) is 22.9 Å². The minimum absolute atomic E-state index is 0. The number of ether oxygens (including phenoxy) is 2. The third-order valence-electron chi connectivity index (χ3n) is 4.43. The Bertz CT molecular complexity index is 810. The topological polar surface area (TPSA) is 67.9 Å². The number of hydrogen-bond donors (Lipinski definition) is 1. The number of thiophene rings is 1. The van der Waals surface area contributed by atoms with Crippen molar-refractivity contribution in [2.45, 2.75) is 26.8 Å². The Kier molecular flexibility index (Phi) is 8.29.